The second kappa shape index (κ2) is 5.72. The van der Waals surface area contributed by atoms with E-state index in [1.165, 1.54) is 22.2 Å². The van der Waals surface area contributed by atoms with Gasteiger partial charge in [-0.1, -0.05) is 0 Å². The van der Waals surface area contributed by atoms with Crippen LogP contribution in [0.3, 0.4) is 0 Å². The Morgan fingerprint density at radius 2 is 2.50 bits per heavy atom. The molecule has 0 spiro atoms. The zero-order valence-corrected chi connectivity index (χ0v) is 11.7. The molecule has 3 heterocycles. The number of rotatable bonds is 4. The molecule has 1 atom stereocenters. The number of thiophene rings is 1. The first-order valence-electron chi connectivity index (χ1n) is 6.51. The smallest absolute Gasteiger partial charge is 0.262 e. The molecule has 1 N–H and O–H groups in total. The molecule has 20 heavy (non-hydrogen) atoms. The van der Waals surface area contributed by atoms with Crippen LogP contribution in [-0.4, -0.2) is 35.2 Å². The predicted molar refractivity (Wildman–Crippen MR) is 75.8 cm³/mol. The normalized spacial score (nSPS) is 18.5. The zero-order valence-electron chi connectivity index (χ0n) is 10.9. The van der Waals surface area contributed by atoms with Crippen molar-refractivity contribution in [2.24, 2.45) is 5.92 Å². The van der Waals surface area contributed by atoms with E-state index in [2.05, 4.69) is 10.3 Å². The van der Waals surface area contributed by atoms with Crippen molar-refractivity contribution in [3.63, 3.8) is 0 Å². The Kier molecular flexibility index (Phi) is 3.79. The monoisotopic (exact) mass is 293 g/mol. The molecule has 2 aromatic heterocycles. The molecule has 1 amide bonds. The first-order valence-corrected chi connectivity index (χ1v) is 7.39. The fourth-order valence-corrected chi connectivity index (χ4v) is 2.94. The van der Waals surface area contributed by atoms with Gasteiger partial charge in [0.1, 0.15) is 11.4 Å². The molecule has 0 aliphatic carbocycles. The third kappa shape index (κ3) is 2.73. The standard InChI is InChI=1S/C13H15N3O3S/c17-11(14-5-9-1-3-19-7-9)6-16-8-15-12-10(13(16)18)2-4-20-12/h2,4,8-9H,1,3,5-7H2,(H,14,17). The minimum Gasteiger partial charge on any atom is -0.381 e. The highest BCUT2D eigenvalue weighted by molar-refractivity contribution is 7.16. The van der Waals surface area contributed by atoms with E-state index in [4.69, 9.17) is 4.74 Å². The molecule has 3 rings (SSSR count). The van der Waals surface area contributed by atoms with Crippen LogP contribution in [0.2, 0.25) is 0 Å². The second-order valence-electron chi connectivity index (χ2n) is 4.85. The largest absolute Gasteiger partial charge is 0.381 e. The van der Waals surface area contributed by atoms with Gasteiger partial charge in [0.05, 0.1) is 18.3 Å². The van der Waals surface area contributed by atoms with Crippen LogP contribution in [0.15, 0.2) is 22.6 Å². The van der Waals surface area contributed by atoms with E-state index in [0.29, 0.717) is 29.3 Å². The van der Waals surface area contributed by atoms with Crippen molar-refractivity contribution in [2.75, 3.05) is 19.8 Å². The Morgan fingerprint density at radius 3 is 3.30 bits per heavy atom. The summed E-state index contributed by atoms with van der Waals surface area (Å²) in [6, 6.07) is 1.74. The first-order chi connectivity index (χ1) is 9.74. The maximum atomic E-state index is 12.1. The topological polar surface area (TPSA) is 73.2 Å². The van der Waals surface area contributed by atoms with Gasteiger partial charge in [-0.15, -0.1) is 11.3 Å². The van der Waals surface area contributed by atoms with Gasteiger partial charge in [0.15, 0.2) is 0 Å². The molecule has 1 unspecified atom stereocenters. The molecule has 0 saturated carbocycles. The quantitative estimate of drug-likeness (QED) is 0.896. The van der Waals surface area contributed by atoms with Crippen molar-refractivity contribution in [3.8, 4) is 0 Å². The number of ether oxygens (including phenoxy) is 1. The van der Waals surface area contributed by atoms with E-state index in [1.54, 1.807) is 6.07 Å². The summed E-state index contributed by atoms with van der Waals surface area (Å²) in [4.78, 5) is 28.9. The molecule has 1 fully saturated rings. The molecular weight excluding hydrogens is 278 g/mol. The van der Waals surface area contributed by atoms with Gasteiger partial charge in [-0.25, -0.2) is 4.98 Å². The number of hydrogen-bond donors (Lipinski definition) is 1. The van der Waals surface area contributed by atoms with Gasteiger partial charge in [-0.05, 0) is 17.9 Å². The van der Waals surface area contributed by atoms with Crippen molar-refractivity contribution < 1.29 is 9.53 Å². The Morgan fingerprint density at radius 1 is 1.60 bits per heavy atom. The van der Waals surface area contributed by atoms with Crippen LogP contribution in [0.5, 0.6) is 0 Å². The van der Waals surface area contributed by atoms with Crippen LogP contribution in [-0.2, 0) is 16.1 Å². The van der Waals surface area contributed by atoms with Gasteiger partial charge >= 0.3 is 0 Å². The van der Waals surface area contributed by atoms with Gasteiger partial charge in [-0.2, -0.15) is 0 Å². The Hall–Kier alpha value is -1.73. The van der Waals surface area contributed by atoms with E-state index >= 15 is 0 Å². The number of carbonyl (C=O) groups excluding carboxylic acids is 1. The summed E-state index contributed by atoms with van der Waals surface area (Å²) in [5.41, 5.74) is -0.171. The lowest BCUT2D eigenvalue weighted by Crippen LogP contribution is -2.35. The molecule has 0 aromatic carbocycles. The minimum atomic E-state index is -0.171. The summed E-state index contributed by atoms with van der Waals surface area (Å²) in [6.07, 6.45) is 2.40. The highest BCUT2D eigenvalue weighted by Crippen LogP contribution is 2.13. The number of fused-ring (bicyclic) bond motifs is 1. The molecule has 0 bridgehead atoms. The van der Waals surface area contributed by atoms with Crippen molar-refractivity contribution in [2.45, 2.75) is 13.0 Å². The van der Waals surface area contributed by atoms with Gasteiger partial charge < -0.3 is 10.1 Å². The molecule has 6 nitrogen and oxygen atoms in total. The molecular formula is C13H15N3O3S. The minimum absolute atomic E-state index is 0.00516. The van der Waals surface area contributed by atoms with Gasteiger partial charge in [0, 0.05) is 19.1 Å². The summed E-state index contributed by atoms with van der Waals surface area (Å²) in [5, 5.41) is 5.23. The van der Waals surface area contributed by atoms with Crippen LogP contribution in [0.25, 0.3) is 10.2 Å². The SMILES string of the molecule is O=C(Cn1cnc2sccc2c1=O)NCC1CCOC1. The van der Waals surface area contributed by atoms with E-state index in [-0.39, 0.29) is 18.0 Å². The fourth-order valence-electron chi connectivity index (χ4n) is 2.22. The molecule has 1 aliphatic rings. The van der Waals surface area contributed by atoms with Crippen LogP contribution < -0.4 is 10.9 Å². The summed E-state index contributed by atoms with van der Waals surface area (Å²) >= 11 is 1.42. The van der Waals surface area contributed by atoms with E-state index < -0.39 is 0 Å². The summed E-state index contributed by atoms with van der Waals surface area (Å²) in [5.74, 6) is 0.212. The first kappa shape index (κ1) is 13.3. The average molecular weight is 293 g/mol. The highest BCUT2D eigenvalue weighted by Gasteiger charge is 2.16. The maximum Gasteiger partial charge on any atom is 0.262 e. The van der Waals surface area contributed by atoms with E-state index in [9.17, 15) is 9.59 Å². The van der Waals surface area contributed by atoms with Crippen molar-refractivity contribution in [1.82, 2.24) is 14.9 Å². The van der Waals surface area contributed by atoms with Gasteiger partial charge in [0.2, 0.25) is 5.91 Å². The molecule has 2 aromatic rings. The molecule has 1 aliphatic heterocycles. The average Bonchev–Trinajstić information content (AvgIpc) is 3.10. The zero-order chi connectivity index (χ0) is 13.9. The summed E-state index contributed by atoms with van der Waals surface area (Å²) in [7, 11) is 0. The lowest BCUT2D eigenvalue weighted by atomic mass is 10.1. The van der Waals surface area contributed by atoms with E-state index in [0.717, 1.165) is 13.0 Å². The van der Waals surface area contributed by atoms with Crippen LogP contribution >= 0.6 is 11.3 Å². The second-order valence-corrected chi connectivity index (χ2v) is 5.75. The fraction of sp³-hybridized carbons (Fsp3) is 0.462. The van der Waals surface area contributed by atoms with Crippen LogP contribution in [0.1, 0.15) is 6.42 Å². The van der Waals surface area contributed by atoms with Gasteiger partial charge in [0.25, 0.3) is 5.56 Å². The highest BCUT2D eigenvalue weighted by atomic mass is 32.1. The molecule has 0 radical (unpaired) electrons. The van der Waals surface area contributed by atoms with Crippen molar-refractivity contribution in [1.29, 1.82) is 0 Å². The molecule has 1 saturated heterocycles. The number of nitrogens with zero attached hydrogens (tertiary/aromatic N) is 2. The number of aromatic nitrogens is 2. The third-order valence-corrected chi connectivity index (χ3v) is 4.20. The predicted octanol–water partition coefficient (Wildman–Crippen LogP) is 0.611. The van der Waals surface area contributed by atoms with Crippen molar-refractivity contribution in [3.05, 3.63) is 28.1 Å². The lowest BCUT2D eigenvalue weighted by Gasteiger charge is -2.10. The maximum absolute atomic E-state index is 12.1. The number of carbonyl (C=O) groups is 1. The Balaban J connectivity index is 1.64. The Bertz CT molecular complexity index is 673. The van der Waals surface area contributed by atoms with Crippen molar-refractivity contribution >= 4 is 27.5 Å². The molecule has 7 heteroatoms. The Labute approximate surface area is 119 Å². The van der Waals surface area contributed by atoms with E-state index in [1.807, 2.05) is 5.38 Å². The molecule has 106 valence electrons. The summed E-state index contributed by atoms with van der Waals surface area (Å²) < 4.78 is 6.59. The number of amides is 1. The van der Waals surface area contributed by atoms with Crippen LogP contribution in [0, 0.1) is 5.92 Å². The van der Waals surface area contributed by atoms with Crippen LogP contribution in [0.4, 0.5) is 0 Å². The third-order valence-electron chi connectivity index (χ3n) is 3.38. The summed E-state index contributed by atoms with van der Waals surface area (Å²) in [6.45, 7) is 2.06. The van der Waals surface area contributed by atoms with Gasteiger partial charge in [-0.3, -0.25) is 14.2 Å². The lowest BCUT2D eigenvalue weighted by molar-refractivity contribution is -0.121. The number of nitrogens with one attached hydrogen (secondary N) is 1. The number of hydrogen-bond acceptors (Lipinski definition) is 5.